The number of ether oxygens (including phenoxy) is 2. The molecule has 0 bridgehead atoms. The predicted octanol–water partition coefficient (Wildman–Crippen LogP) is 5.02. The Labute approximate surface area is 145 Å². The lowest BCUT2D eigenvalue weighted by Crippen LogP contribution is -2.12. The summed E-state index contributed by atoms with van der Waals surface area (Å²) in [5.74, 6) is 0.341. The van der Waals surface area contributed by atoms with E-state index in [4.69, 9.17) is 13.9 Å². The third-order valence-electron chi connectivity index (χ3n) is 3.68. The third kappa shape index (κ3) is 3.82. The first-order chi connectivity index (χ1) is 11.9. The molecule has 0 fully saturated rings. The van der Waals surface area contributed by atoms with Crippen LogP contribution in [0.3, 0.4) is 0 Å². The standard InChI is InChI=1S/C20H19FO4/c1-12(2)24-20(22)19-13(3)25-18-8-7-16(10-17(18)19)23-11-14-5-4-6-15(21)9-14/h4-10,12H,11H2,1-3H3. The van der Waals surface area contributed by atoms with E-state index >= 15 is 0 Å². The molecule has 0 unspecified atom stereocenters. The van der Waals surface area contributed by atoms with Crippen LogP contribution >= 0.6 is 0 Å². The molecule has 0 saturated heterocycles. The van der Waals surface area contributed by atoms with Gasteiger partial charge in [-0.15, -0.1) is 0 Å². The number of hydrogen-bond donors (Lipinski definition) is 0. The van der Waals surface area contributed by atoms with Crippen molar-refractivity contribution in [3.8, 4) is 5.75 Å². The summed E-state index contributed by atoms with van der Waals surface area (Å²) in [6.07, 6.45) is -0.218. The zero-order valence-electron chi connectivity index (χ0n) is 14.3. The second-order valence-corrected chi connectivity index (χ2v) is 6.06. The van der Waals surface area contributed by atoms with E-state index in [0.717, 1.165) is 5.56 Å². The highest BCUT2D eigenvalue weighted by Gasteiger charge is 2.21. The van der Waals surface area contributed by atoms with Crippen LogP contribution < -0.4 is 4.74 Å². The predicted molar refractivity (Wildman–Crippen MR) is 92.2 cm³/mol. The van der Waals surface area contributed by atoms with Gasteiger partial charge in [-0.25, -0.2) is 9.18 Å². The van der Waals surface area contributed by atoms with E-state index in [-0.39, 0.29) is 18.5 Å². The van der Waals surface area contributed by atoms with Crippen LogP contribution in [0.15, 0.2) is 46.9 Å². The molecule has 0 N–H and O–H groups in total. The van der Waals surface area contributed by atoms with Gasteiger partial charge < -0.3 is 13.9 Å². The Morgan fingerprint density at radius 1 is 1.20 bits per heavy atom. The highest BCUT2D eigenvalue weighted by Crippen LogP contribution is 2.30. The molecule has 0 saturated carbocycles. The molecule has 1 aromatic heterocycles. The average molecular weight is 342 g/mol. The van der Waals surface area contributed by atoms with Crippen molar-refractivity contribution in [2.45, 2.75) is 33.5 Å². The quantitative estimate of drug-likeness (QED) is 0.611. The van der Waals surface area contributed by atoms with Crippen molar-refractivity contribution in [3.63, 3.8) is 0 Å². The van der Waals surface area contributed by atoms with Crippen LogP contribution in [-0.4, -0.2) is 12.1 Å². The minimum atomic E-state index is -0.423. The van der Waals surface area contributed by atoms with Gasteiger partial charge in [-0.2, -0.15) is 0 Å². The summed E-state index contributed by atoms with van der Waals surface area (Å²) in [6.45, 7) is 5.54. The molecule has 1 heterocycles. The first kappa shape index (κ1) is 17.0. The van der Waals surface area contributed by atoms with Crippen LogP contribution in [-0.2, 0) is 11.3 Å². The smallest absolute Gasteiger partial charge is 0.342 e. The molecule has 3 aromatic rings. The Kier molecular flexibility index (Phi) is 4.74. The van der Waals surface area contributed by atoms with Gasteiger partial charge in [0.15, 0.2) is 0 Å². The van der Waals surface area contributed by atoms with Crippen molar-refractivity contribution < 1.29 is 23.1 Å². The third-order valence-corrected chi connectivity index (χ3v) is 3.68. The fraction of sp³-hybridized carbons (Fsp3) is 0.250. The summed E-state index contributed by atoms with van der Waals surface area (Å²) < 4.78 is 29.9. The summed E-state index contributed by atoms with van der Waals surface area (Å²) >= 11 is 0. The molecule has 0 aliphatic rings. The molecular weight excluding hydrogens is 323 g/mol. The molecule has 0 aliphatic heterocycles. The number of esters is 1. The Morgan fingerprint density at radius 2 is 2.00 bits per heavy atom. The lowest BCUT2D eigenvalue weighted by molar-refractivity contribution is 0.0378. The fourth-order valence-electron chi connectivity index (χ4n) is 2.61. The molecule has 5 heteroatoms. The van der Waals surface area contributed by atoms with E-state index in [1.54, 1.807) is 51.1 Å². The first-order valence-electron chi connectivity index (χ1n) is 8.05. The topological polar surface area (TPSA) is 48.7 Å². The van der Waals surface area contributed by atoms with E-state index in [1.807, 2.05) is 0 Å². The van der Waals surface area contributed by atoms with Crippen molar-refractivity contribution in [3.05, 3.63) is 65.2 Å². The zero-order valence-corrected chi connectivity index (χ0v) is 14.3. The number of hydrogen-bond acceptors (Lipinski definition) is 4. The van der Waals surface area contributed by atoms with E-state index in [9.17, 15) is 9.18 Å². The maximum absolute atomic E-state index is 13.2. The van der Waals surface area contributed by atoms with E-state index in [1.165, 1.54) is 12.1 Å². The summed E-state index contributed by atoms with van der Waals surface area (Å²) in [5, 5.41) is 0.639. The molecule has 130 valence electrons. The first-order valence-corrected chi connectivity index (χ1v) is 8.05. The Morgan fingerprint density at radius 3 is 2.72 bits per heavy atom. The number of fused-ring (bicyclic) bond motifs is 1. The Bertz CT molecular complexity index is 911. The minimum Gasteiger partial charge on any atom is -0.489 e. The van der Waals surface area contributed by atoms with Gasteiger partial charge in [-0.3, -0.25) is 0 Å². The molecule has 4 nitrogen and oxygen atoms in total. The highest BCUT2D eigenvalue weighted by molar-refractivity contribution is 6.04. The molecule has 0 radical (unpaired) electrons. The number of halogens is 1. The second-order valence-electron chi connectivity index (χ2n) is 6.06. The molecule has 2 aromatic carbocycles. The average Bonchev–Trinajstić information content (AvgIpc) is 2.87. The SMILES string of the molecule is Cc1oc2ccc(OCc3cccc(F)c3)cc2c1C(=O)OC(C)C. The Hall–Kier alpha value is -2.82. The number of aryl methyl sites for hydroxylation is 1. The number of carbonyl (C=O) groups is 1. The Balaban J connectivity index is 1.87. The molecular formula is C20H19FO4. The number of benzene rings is 2. The monoisotopic (exact) mass is 342 g/mol. The second kappa shape index (κ2) is 6.97. The summed E-state index contributed by atoms with van der Waals surface area (Å²) in [5.41, 5.74) is 1.72. The van der Waals surface area contributed by atoms with Crippen LogP contribution in [0.5, 0.6) is 5.75 Å². The maximum Gasteiger partial charge on any atom is 0.342 e. The number of carbonyl (C=O) groups excluding carboxylic acids is 1. The zero-order chi connectivity index (χ0) is 18.0. The minimum absolute atomic E-state index is 0.218. The normalized spacial score (nSPS) is 11.1. The number of furan rings is 1. The lowest BCUT2D eigenvalue weighted by Gasteiger charge is -2.08. The van der Waals surface area contributed by atoms with Gasteiger partial charge >= 0.3 is 5.97 Å². The van der Waals surface area contributed by atoms with Crippen molar-refractivity contribution >= 4 is 16.9 Å². The molecule has 0 spiro atoms. The van der Waals surface area contributed by atoms with Gasteiger partial charge in [0.05, 0.1) is 6.10 Å². The van der Waals surface area contributed by atoms with E-state index in [0.29, 0.717) is 28.0 Å². The molecule has 0 atom stereocenters. The van der Waals surface area contributed by atoms with E-state index < -0.39 is 5.97 Å². The van der Waals surface area contributed by atoms with Gasteiger partial charge in [-0.05, 0) is 56.7 Å². The largest absolute Gasteiger partial charge is 0.489 e. The van der Waals surface area contributed by atoms with Crippen molar-refractivity contribution in [2.24, 2.45) is 0 Å². The molecule has 3 rings (SSSR count). The van der Waals surface area contributed by atoms with Crippen LogP contribution in [0.2, 0.25) is 0 Å². The van der Waals surface area contributed by atoms with Crippen LogP contribution in [0.1, 0.15) is 35.5 Å². The molecule has 25 heavy (non-hydrogen) atoms. The fourth-order valence-corrected chi connectivity index (χ4v) is 2.61. The summed E-state index contributed by atoms with van der Waals surface area (Å²) in [7, 11) is 0. The maximum atomic E-state index is 13.2. The van der Waals surface area contributed by atoms with Gasteiger partial charge in [-0.1, -0.05) is 12.1 Å². The lowest BCUT2D eigenvalue weighted by atomic mass is 10.1. The van der Waals surface area contributed by atoms with Crippen molar-refractivity contribution in [1.29, 1.82) is 0 Å². The molecule has 0 amide bonds. The van der Waals surface area contributed by atoms with Crippen LogP contribution in [0, 0.1) is 12.7 Å². The van der Waals surface area contributed by atoms with Gasteiger partial charge in [0.25, 0.3) is 0 Å². The summed E-state index contributed by atoms with van der Waals surface area (Å²) in [6, 6.07) is 11.5. The van der Waals surface area contributed by atoms with Crippen LogP contribution in [0.4, 0.5) is 4.39 Å². The van der Waals surface area contributed by atoms with E-state index in [2.05, 4.69) is 0 Å². The van der Waals surface area contributed by atoms with Crippen molar-refractivity contribution in [1.82, 2.24) is 0 Å². The summed E-state index contributed by atoms with van der Waals surface area (Å²) in [4.78, 5) is 12.3. The van der Waals surface area contributed by atoms with Crippen molar-refractivity contribution in [2.75, 3.05) is 0 Å². The highest BCUT2D eigenvalue weighted by atomic mass is 19.1. The molecule has 0 aliphatic carbocycles. The van der Waals surface area contributed by atoms with Gasteiger partial charge in [0.2, 0.25) is 0 Å². The number of rotatable bonds is 5. The van der Waals surface area contributed by atoms with Crippen LogP contribution in [0.25, 0.3) is 11.0 Å². The van der Waals surface area contributed by atoms with Gasteiger partial charge in [0.1, 0.15) is 35.1 Å². The van der Waals surface area contributed by atoms with Gasteiger partial charge in [0, 0.05) is 5.39 Å².